The van der Waals surface area contributed by atoms with Crippen LogP contribution in [0.3, 0.4) is 0 Å². The molecule has 1 aromatic carbocycles. The molecule has 4 nitrogen and oxygen atoms in total. The van der Waals surface area contributed by atoms with Gasteiger partial charge in [0.1, 0.15) is 5.82 Å². The van der Waals surface area contributed by atoms with E-state index in [9.17, 15) is 14.0 Å². The number of hydrogen-bond acceptors (Lipinski definition) is 2. The van der Waals surface area contributed by atoms with Crippen LogP contribution in [0.25, 0.3) is 0 Å². The summed E-state index contributed by atoms with van der Waals surface area (Å²) in [5.41, 5.74) is 0.590. The molecule has 5 heteroatoms. The minimum absolute atomic E-state index is 0.0870. The molecule has 0 atom stereocenters. The number of amides is 2. The lowest BCUT2D eigenvalue weighted by molar-refractivity contribution is -0.139. The lowest BCUT2D eigenvalue weighted by Gasteiger charge is -2.47. The largest absolute Gasteiger partial charge is 0.342 e. The highest BCUT2D eigenvalue weighted by atomic mass is 19.1. The minimum Gasteiger partial charge on any atom is -0.342 e. The van der Waals surface area contributed by atoms with Gasteiger partial charge in [0.25, 0.3) is 5.91 Å². The van der Waals surface area contributed by atoms with E-state index >= 15 is 0 Å². The molecule has 2 heterocycles. The van der Waals surface area contributed by atoms with Gasteiger partial charge in [-0.15, -0.1) is 0 Å². The van der Waals surface area contributed by atoms with Crippen molar-refractivity contribution in [2.75, 3.05) is 26.2 Å². The normalized spacial score (nSPS) is 23.2. The van der Waals surface area contributed by atoms with Crippen LogP contribution >= 0.6 is 0 Å². The zero-order valence-corrected chi connectivity index (χ0v) is 14.5. The average Bonchev–Trinajstić information content (AvgIpc) is 3.43. The maximum absolute atomic E-state index is 13.4. The van der Waals surface area contributed by atoms with E-state index in [4.69, 9.17) is 0 Å². The molecular formula is C20H25FN2O2. The summed E-state index contributed by atoms with van der Waals surface area (Å²) < 4.78 is 13.4. The highest BCUT2D eigenvalue weighted by molar-refractivity contribution is 5.94. The van der Waals surface area contributed by atoms with E-state index in [1.54, 1.807) is 12.1 Å². The Morgan fingerprint density at radius 3 is 2.64 bits per heavy atom. The van der Waals surface area contributed by atoms with Crippen molar-refractivity contribution in [2.24, 2.45) is 11.3 Å². The third kappa shape index (κ3) is 3.55. The molecule has 3 fully saturated rings. The van der Waals surface area contributed by atoms with Crippen LogP contribution in [0.15, 0.2) is 24.3 Å². The van der Waals surface area contributed by atoms with Crippen LogP contribution in [-0.4, -0.2) is 47.8 Å². The molecule has 3 aliphatic rings. The quantitative estimate of drug-likeness (QED) is 0.845. The summed E-state index contributed by atoms with van der Waals surface area (Å²) in [5, 5.41) is 0. The second-order valence-electron chi connectivity index (χ2n) is 8.02. The molecule has 134 valence electrons. The molecule has 0 radical (unpaired) electrons. The van der Waals surface area contributed by atoms with Crippen LogP contribution in [0.2, 0.25) is 0 Å². The van der Waals surface area contributed by atoms with Gasteiger partial charge < -0.3 is 9.80 Å². The number of nitrogens with zero attached hydrogens (tertiary/aromatic N) is 2. The van der Waals surface area contributed by atoms with Crippen LogP contribution < -0.4 is 0 Å². The van der Waals surface area contributed by atoms with Gasteiger partial charge in [-0.2, -0.15) is 0 Å². The fraction of sp³-hybridized carbons (Fsp3) is 0.600. The Morgan fingerprint density at radius 1 is 1.20 bits per heavy atom. The molecule has 25 heavy (non-hydrogen) atoms. The molecule has 0 bridgehead atoms. The molecule has 2 aliphatic heterocycles. The van der Waals surface area contributed by atoms with Crippen LogP contribution in [0, 0.1) is 17.2 Å². The Kier molecular flexibility index (Phi) is 4.26. The Labute approximate surface area is 148 Å². The highest BCUT2D eigenvalue weighted by Gasteiger charge is 2.42. The number of rotatable bonds is 3. The van der Waals surface area contributed by atoms with Gasteiger partial charge >= 0.3 is 0 Å². The van der Waals surface area contributed by atoms with Crippen molar-refractivity contribution >= 4 is 11.8 Å². The van der Waals surface area contributed by atoms with Crippen molar-refractivity contribution in [2.45, 2.75) is 38.5 Å². The third-order valence-electron chi connectivity index (χ3n) is 6.11. The molecule has 1 spiro atoms. The molecular weight excluding hydrogens is 319 g/mol. The number of benzene rings is 1. The van der Waals surface area contributed by atoms with E-state index in [0.717, 1.165) is 32.4 Å². The summed E-state index contributed by atoms with van der Waals surface area (Å²) in [6.07, 6.45) is 5.96. The van der Waals surface area contributed by atoms with Gasteiger partial charge in [-0.3, -0.25) is 9.59 Å². The fourth-order valence-electron chi connectivity index (χ4n) is 4.28. The van der Waals surface area contributed by atoms with Crippen LogP contribution in [0.1, 0.15) is 48.9 Å². The predicted octanol–water partition coefficient (Wildman–Crippen LogP) is 3.08. The zero-order valence-electron chi connectivity index (χ0n) is 14.5. The second-order valence-corrected chi connectivity index (χ2v) is 8.02. The van der Waals surface area contributed by atoms with Crippen molar-refractivity contribution in [1.29, 1.82) is 0 Å². The van der Waals surface area contributed by atoms with Gasteiger partial charge in [0.15, 0.2) is 0 Å². The van der Waals surface area contributed by atoms with E-state index in [1.165, 1.54) is 25.0 Å². The standard InChI is InChI=1S/C20H25FN2O2/c21-17-3-1-2-16(12-17)19(25)22-10-8-20(9-11-22)7-6-18(24)23(14-20)13-15-4-5-15/h1-3,12,15H,4-11,13-14H2. The number of carbonyl (C=O) groups is 2. The van der Waals surface area contributed by atoms with Gasteiger partial charge in [-0.05, 0) is 61.6 Å². The molecule has 0 unspecified atom stereocenters. The smallest absolute Gasteiger partial charge is 0.253 e. The summed E-state index contributed by atoms with van der Waals surface area (Å²) in [6.45, 7) is 3.17. The minimum atomic E-state index is -0.374. The Hall–Kier alpha value is -1.91. The van der Waals surface area contributed by atoms with E-state index in [0.29, 0.717) is 36.9 Å². The first-order valence-electron chi connectivity index (χ1n) is 9.37. The first-order chi connectivity index (χ1) is 12.0. The highest BCUT2D eigenvalue weighted by Crippen LogP contribution is 2.42. The fourth-order valence-corrected chi connectivity index (χ4v) is 4.28. The van der Waals surface area contributed by atoms with Gasteiger partial charge in [0.2, 0.25) is 5.91 Å². The van der Waals surface area contributed by atoms with E-state index in [2.05, 4.69) is 4.90 Å². The second kappa shape index (κ2) is 6.43. The first kappa shape index (κ1) is 16.6. The first-order valence-corrected chi connectivity index (χ1v) is 9.37. The third-order valence-corrected chi connectivity index (χ3v) is 6.11. The number of carbonyl (C=O) groups excluding carboxylic acids is 2. The Morgan fingerprint density at radius 2 is 1.96 bits per heavy atom. The molecule has 2 saturated heterocycles. The zero-order chi connectivity index (χ0) is 17.4. The van der Waals surface area contributed by atoms with Crippen molar-refractivity contribution in [3.05, 3.63) is 35.6 Å². The molecule has 1 aromatic rings. The number of halogens is 1. The molecule has 4 rings (SSSR count). The lowest BCUT2D eigenvalue weighted by Crippen LogP contribution is -2.52. The van der Waals surface area contributed by atoms with Gasteiger partial charge in [-0.25, -0.2) is 4.39 Å². The van der Waals surface area contributed by atoms with Crippen molar-refractivity contribution < 1.29 is 14.0 Å². The van der Waals surface area contributed by atoms with Crippen LogP contribution in [0.5, 0.6) is 0 Å². The SMILES string of the molecule is O=C1CCC2(CCN(C(=O)c3cccc(F)c3)CC2)CN1CC1CC1. The van der Waals surface area contributed by atoms with Crippen LogP contribution in [0.4, 0.5) is 4.39 Å². The maximum Gasteiger partial charge on any atom is 0.253 e. The molecule has 0 aromatic heterocycles. The molecule has 0 N–H and O–H groups in total. The van der Waals surface area contributed by atoms with E-state index in [1.807, 2.05) is 4.90 Å². The van der Waals surface area contributed by atoms with Crippen molar-refractivity contribution in [3.63, 3.8) is 0 Å². The Balaban J connectivity index is 1.38. The molecule has 1 aliphatic carbocycles. The van der Waals surface area contributed by atoms with Crippen molar-refractivity contribution in [3.8, 4) is 0 Å². The monoisotopic (exact) mass is 344 g/mol. The summed E-state index contributed by atoms with van der Waals surface area (Å²) >= 11 is 0. The summed E-state index contributed by atoms with van der Waals surface area (Å²) in [7, 11) is 0. The number of hydrogen-bond donors (Lipinski definition) is 0. The van der Waals surface area contributed by atoms with Gasteiger partial charge in [0, 0.05) is 38.2 Å². The Bertz CT molecular complexity index is 678. The molecule has 1 saturated carbocycles. The lowest BCUT2D eigenvalue weighted by atomic mass is 9.72. The van der Waals surface area contributed by atoms with E-state index in [-0.39, 0.29) is 17.1 Å². The summed E-state index contributed by atoms with van der Waals surface area (Å²) in [6, 6.07) is 5.92. The van der Waals surface area contributed by atoms with Crippen LogP contribution in [-0.2, 0) is 4.79 Å². The summed E-state index contributed by atoms with van der Waals surface area (Å²) in [4.78, 5) is 28.7. The predicted molar refractivity (Wildman–Crippen MR) is 92.5 cm³/mol. The van der Waals surface area contributed by atoms with E-state index < -0.39 is 0 Å². The summed E-state index contributed by atoms with van der Waals surface area (Å²) in [5.74, 6) is 0.557. The number of piperidine rings is 2. The molecule has 2 amide bonds. The van der Waals surface area contributed by atoms with Gasteiger partial charge in [0.05, 0.1) is 0 Å². The van der Waals surface area contributed by atoms with Crippen molar-refractivity contribution in [1.82, 2.24) is 9.80 Å². The number of likely N-dealkylation sites (tertiary alicyclic amines) is 2. The average molecular weight is 344 g/mol. The van der Waals surface area contributed by atoms with Gasteiger partial charge in [-0.1, -0.05) is 6.07 Å². The topological polar surface area (TPSA) is 40.6 Å². The maximum atomic E-state index is 13.4.